The summed E-state index contributed by atoms with van der Waals surface area (Å²) in [5, 5.41) is 22.4. The molecular formula is C11H15ClN2O4. The lowest BCUT2D eigenvalue weighted by Crippen LogP contribution is -2.07. The van der Waals surface area contributed by atoms with Crippen LogP contribution in [0.5, 0.6) is 0 Å². The smallest absolute Gasteiger partial charge is 0.271 e. The molecule has 0 saturated heterocycles. The molecule has 1 aromatic carbocycles. The molecule has 0 spiro atoms. The third-order valence-electron chi connectivity index (χ3n) is 2.18. The summed E-state index contributed by atoms with van der Waals surface area (Å²) < 4.78 is 5.09. The minimum Gasteiger partial charge on any atom is -0.394 e. The molecule has 18 heavy (non-hydrogen) atoms. The molecule has 0 aliphatic heterocycles. The molecule has 0 aliphatic rings. The number of hydrogen-bond donors (Lipinski definition) is 2. The number of rotatable bonds is 8. The predicted octanol–water partition coefficient (Wildman–Crippen LogP) is 2.06. The molecule has 0 bridgehead atoms. The van der Waals surface area contributed by atoms with Gasteiger partial charge in [-0.25, -0.2) is 0 Å². The first kappa shape index (κ1) is 14.7. The topological polar surface area (TPSA) is 84.6 Å². The van der Waals surface area contributed by atoms with E-state index in [1.54, 1.807) is 6.07 Å². The van der Waals surface area contributed by atoms with Crippen molar-refractivity contribution in [1.82, 2.24) is 0 Å². The number of anilines is 1. The first-order valence-electron chi connectivity index (χ1n) is 5.51. The number of benzene rings is 1. The van der Waals surface area contributed by atoms with Crippen molar-refractivity contribution in [1.29, 1.82) is 0 Å². The van der Waals surface area contributed by atoms with Gasteiger partial charge in [0.1, 0.15) is 0 Å². The van der Waals surface area contributed by atoms with Crippen LogP contribution in [0, 0.1) is 10.1 Å². The molecule has 0 saturated carbocycles. The summed E-state index contributed by atoms with van der Waals surface area (Å²) in [7, 11) is 0. The lowest BCUT2D eigenvalue weighted by molar-refractivity contribution is -0.384. The van der Waals surface area contributed by atoms with Crippen molar-refractivity contribution in [2.45, 2.75) is 6.42 Å². The van der Waals surface area contributed by atoms with E-state index in [4.69, 9.17) is 21.4 Å². The number of hydrogen-bond acceptors (Lipinski definition) is 5. The van der Waals surface area contributed by atoms with E-state index < -0.39 is 4.92 Å². The van der Waals surface area contributed by atoms with Gasteiger partial charge in [-0.3, -0.25) is 10.1 Å². The van der Waals surface area contributed by atoms with E-state index in [2.05, 4.69) is 5.32 Å². The summed E-state index contributed by atoms with van der Waals surface area (Å²) in [5.74, 6) is 0. The van der Waals surface area contributed by atoms with Gasteiger partial charge in [0.2, 0.25) is 0 Å². The van der Waals surface area contributed by atoms with E-state index in [0.717, 1.165) is 6.42 Å². The van der Waals surface area contributed by atoms with Crippen molar-refractivity contribution in [3.05, 3.63) is 33.3 Å². The molecule has 0 unspecified atom stereocenters. The fourth-order valence-corrected chi connectivity index (χ4v) is 1.57. The monoisotopic (exact) mass is 274 g/mol. The average Bonchev–Trinajstić information content (AvgIpc) is 2.35. The van der Waals surface area contributed by atoms with Crippen molar-refractivity contribution >= 4 is 23.0 Å². The predicted molar refractivity (Wildman–Crippen MR) is 69.1 cm³/mol. The Morgan fingerprint density at radius 2 is 2.22 bits per heavy atom. The van der Waals surface area contributed by atoms with Crippen LogP contribution >= 0.6 is 11.6 Å². The maximum absolute atomic E-state index is 10.5. The first-order valence-corrected chi connectivity index (χ1v) is 5.89. The number of non-ortho nitro benzene ring substituents is 1. The zero-order valence-electron chi connectivity index (χ0n) is 9.76. The van der Waals surface area contributed by atoms with Crippen molar-refractivity contribution < 1.29 is 14.8 Å². The van der Waals surface area contributed by atoms with Crippen LogP contribution in [0.1, 0.15) is 6.42 Å². The molecule has 0 aliphatic carbocycles. The van der Waals surface area contributed by atoms with Gasteiger partial charge in [-0.2, -0.15) is 0 Å². The highest BCUT2D eigenvalue weighted by atomic mass is 35.5. The Bertz CT molecular complexity index is 401. The number of aliphatic hydroxyl groups is 1. The summed E-state index contributed by atoms with van der Waals surface area (Å²) in [6, 6.07) is 4.29. The Hall–Kier alpha value is -1.37. The van der Waals surface area contributed by atoms with Crippen molar-refractivity contribution in [2.75, 3.05) is 31.7 Å². The summed E-state index contributed by atoms with van der Waals surface area (Å²) in [6.45, 7) is 1.53. The minimum atomic E-state index is -0.488. The van der Waals surface area contributed by atoms with Crippen LogP contribution in [0.15, 0.2) is 18.2 Å². The number of ether oxygens (including phenoxy) is 1. The van der Waals surface area contributed by atoms with E-state index in [9.17, 15) is 10.1 Å². The molecule has 0 amide bonds. The maximum atomic E-state index is 10.5. The summed E-state index contributed by atoms with van der Waals surface area (Å²) in [6.07, 6.45) is 0.757. The van der Waals surface area contributed by atoms with Crippen LogP contribution in [0.2, 0.25) is 5.02 Å². The van der Waals surface area contributed by atoms with Gasteiger partial charge in [0.05, 0.1) is 28.8 Å². The minimum absolute atomic E-state index is 0.0155. The Morgan fingerprint density at radius 1 is 1.44 bits per heavy atom. The molecule has 7 heteroatoms. The molecule has 0 fully saturated rings. The fraction of sp³-hybridized carbons (Fsp3) is 0.455. The number of aliphatic hydroxyl groups excluding tert-OH is 1. The quantitative estimate of drug-likeness (QED) is 0.431. The van der Waals surface area contributed by atoms with Gasteiger partial charge in [-0.1, -0.05) is 11.6 Å². The second-order valence-electron chi connectivity index (χ2n) is 3.54. The molecule has 0 aromatic heterocycles. The highest BCUT2D eigenvalue weighted by Gasteiger charge is 2.08. The Kier molecular flexibility index (Phi) is 6.42. The van der Waals surface area contributed by atoms with Crippen LogP contribution in [-0.2, 0) is 4.74 Å². The Labute approximate surface area is 110 Å². The molecule has 2 N–H and O–H groups in total. The third-order valence-corrected chi connectivity index (χ3v) is 2.49. The number of nitro benzene ring substituents is 1. The SMILES string of the molecule is O=[N+]([O-])c1ccc(NCCCOCCO)c(Cl)c1. The second kappa shape index (κ2) is 7.86. The van der Waals surface area contributed by atoms with Crippen molar-refractivity contribution in [3.63, 3.8) is 0 Å². The van der Waals surface area contributed by atoms with Gasteiger partial charge >= 0.3 is 0 Å². The lowest BCUT2D eigenvalue weighted by atomic mass is 10.2. The summed E-state index contributed by atoms with van der Waals surface area (Å²) >= 11 is 5.90. The molecular weight excluding hydrogens is 260 g/mol. The molecule has 1 aromatic rings. The molecule has 1 rings (SSSR count). The van der Waals surface area contributed by atoms with Crippen molar-refractivity contribution in [3.8, 4) is 0 Å². The highest BCUT2D eigenvalue weighted by molar-refractivity contribution is 6.33. The van der Waals surface area contributed by atoms with E-state index in [1.165, 1.54) is 12.1 Å². The van der Waals surface area contributed by atoms with E-state index in [-0.39, 0.29) is 12.3 Å². The average molecular weight is 275 g/mol. The largest absolute Gasteiger partial charge is 0.394 e. The second-order valence-corrected chi connectivity index (χ2v) is 3.94. The van der Waals surface area contributed by atoms with E-state index in [1.807, 2.05) is 0 Å². The first-order chi connectivity index (χ1) is 8.65. The highest BCUT2D eigenvalue weighted by Crippen LogP contribution is 2.26. The zero-order valence-corrected chi connectivity index (χ0v) is 10.5. The Balaban J connectivity index is 2.36. The van der Waals surface area contributed by atoms with Crippen LogP contribution in [0.4, 0.5) is 11.4 Å². The lowest BCUT2D eigenvalue weighted by Gasteiger charge is -2.08. The molecule has 100 valence electrons. The normalized spacial score (nSPS) is 10.3. The molecule has 0 radical (unpaired) electrons. The van der Waals surface area contributed by atoms with Gasteiger partial charge in [0.15, 0.2) is 0 Å². The van der Waals surface area contributed by atoms with E-state index >= 15 is 0 Å². The number of nitro groups is 1. The maximum Gasteiger partial charge on any atom is 0.271 e. The van der Waals surface area contributed by atoms with Gasteiger partial charge in [0, 0.05) is 25.3 Å². The van der Waals surface area contributed by atoms with Gasteiger partial charge in [0.25, 0.3) is 5.69 Å². The van der Waals surface area contributed by atoms with E-state index in [0.29, 0.717) is 30.5 Å². The molecule has 0 atom stereocenters. The van der Waals surface area contributed by atoms with Crippen LogP contribution in [0.3, 0.4) is 0 Å². The van der Waals surface area contributed by atoms with Gasteiger partial charge in [-0.05, 0) is 12.5 Å². The zero-order chi connectivity index (χ0) is 13.4. The third kappa shape index (κ3) is 4.87. The van der Waals surface area contributed by atoms with Crippen molar-refractivity contribution in [2.24, 2.45) is 0 Å². The van der Waals surface area contributed by atoms with Gasteiger partial charge < -0.3 is 15.2 Å². The summed E-state index contributed by atoms with van der Waals surface area (Å²) in [4.78, 5) is 10.0. The summed E-state index contributed by atoms with van der Waals surface area (Å²) in [5.41, 5.74) is 0.626. The molecule has 6 nitrogen and oxygen atoms in total. The van der Waals surface area contributed by atoms with Crippen LogP contribution in [-0.4, -0.2) is 36.4 Å². The van der Waals surface area contributed by atoms with Crippen LogP contribution < -0.4 is 5.32 Å². The fourth-order valence-electron chi connectivity index (χ4n) is 1.32. The van der Waals surface area contributed by atoms with Gasteiger partial charge in [-0.15, -0.1) is 0 Å². The molecule has 0 heterocycles. The number of nitrogens with zero attached hydrogens (tertiary/aromatic N) is 1. The Morgan fingerprint density at radius 3 is 2.83 bits per heavy atom. The van der Waals surface area contributed by atoms with Crippen LogP contribution in [0.25, 0.3) is 0 Å². The standard InChI is InChI=1S/C11H15ClN2O4/c12-10-8-9(14(16)17)2-3-11(10)13-4-1-6-18-7-5-15/h2-3,8,13,15H,1,4-7H2. The number of nitrogens with one attached hydrogen (secondary N) is 1. The number of halogens is 1.